The van der Waals surface area contributed by atoms with Gasteiger partial charge in [0.05, 0.1) is 0 Å². The smallest absolute Gasteiger partial charge is 0.0495 e. The van der Waals surface area contributed by atoms with Gasteiger partial charge in [0.25, 0.3) is 0 Å². The molecule has 0 saturated heterocycles. The molecule has 502 valence electrons. The second kappa shape index (κ2) is 26.5. The van der Waals surface area contributed by atoms with Crippen molar-refractivity contribution < 1.29 is 0 Å². The highest BCUT2D eigenvalue weighted by Gasteiger charge is 2.57. The van der Waals surface area contributed by atoms with Gasteiger partial charge in [-0.15, -0.1) is 0 Å². The van der Waals surface area contributed by atoms with Crippen molar-refractivity contribution in [2.45, 2.75) is 154 Å². The largest absolute Gasteiger partial charge is 0.371 e. The number of aromatic nitrogens is 3. The van der Waals surface area contributed by atoms with Crippen LogP contribution >= 0.6 is 0 Å². The lowest BCUT2D eigenvalue weighted by molar-refractivity contribution is 0.189. The second-order valence-electron chi connectivity index (χ2n) is 30.0. The van der Waals surface area contributed by atoms with Gasteiger partial charge in [0.2, 0.25) is 0 Å². The molecular weight excluding hydrogens is 1190 g/mol. The van der Waals surface area contributed by atoms with E-state index < -0.39 is 0 Å². The van der Waals surface area contributed by atoms with Crippen molar-refractivity contribution in [3.05, 3.63) is 259 Å². The summed E-state index contributed by atoms with van der Waals surface area (Å²) in [4.78, 5) is 7.44. The molecule has 3 aromatic heterocycles. The molecule has 0 spiro atoms. The number of nitrogens with zero attached hydrogens (tertiary/aromatic N) is 6. The fraction of sp³-hybridized carbons (Fsp3) is 0.326. The van der Waals surface area contributed by atoms with Crippen LogP contribution in [0.3, 0.4) is 0 Å². The summed E-state index contributed by atoms with van der Waals surface area (Å²) in [5, 5.41) is 13.3. The molecule has 14 aromatic rings. The van der Waals surface area contributed by atoms with Crippen molar-refractivity contribution >= 4 is 104 Å². The van der Waals surface area contributed by atoms with Gasteiger partial charge in [-0.2, -0.15) is 0 Å². The van der Waals surface area contributed by atoms with Gasteiger partial charge in [-0.3, -0.25) is 0 Å². The van der Waals surface area contributed by atoms with E-state index >= 15 is 0 Å². The summed E-state index contributed by atoms with van der Waals surface area (Å²) in [6.07, 6.45) is 10.9. The highest BCUT2D eigenvalue weighted by Crippen LogP contribution is 2.59. The van der Waals surface area contributed by atoms with Gasteiger partial charge in [0.1, 0.15) is 0 Å². The fourth-order valence-electron chi connectivity index (χ4n) is 18.2. The van der Waals surface area contributed by atoms with Gasteiger partial charge in [0.15, 0.2) is 0 Å². The van der Waals surface area contributed by atoms with Crippen LogP contribution in [-0.4, -0.2) is 52.0 Å². The minimum atomic E-state index is 0.283. The van der Waals surface area contributed by atoms with Gasteiger partial charge < -0.3 is 28.4 Å². The standard InChI is InChI=1S/2C17H13N.C16H23N.C15H21N.C13H11N.C12H17N.C2H6/c1-18-16-9-5-4-8-14(16)15-10-12-6-2-3-7-13(12)11-17(15)18;1-18-15-9-5-4-8-14(15)17-13-7-3-2-6-12(13)10-11-16(17)18;1-12-7-8-14-13(11-12)15(2)9-5-6-10-16(15,3)17(14)4;1-14-10-6-7-11-15(14,2)16(3)13-9-5-4-8-12(13)14;1-14-12-8-4-2-6-10(12)11-7-3-5-9-13(11)14;1-9-12(2,3)10-7-5-6-8-11(10)13(9)4;1-2/h2*2-11H,1H3;7-8,11H,5-6,9-10H2,1-4H3;4-5,8-9H,6-7,10-11H2,1-3H3;2-9H,1H3;5-9H,1-4H3;1-2H3. The van der Waals surface area contributed by atoms with Crippen molar-refractivity contribution in [1.82, 2.24) is 13.7 Å². The maximum Gasteiger partial charge on any atom is 0.0495 e. The Morgan fingerprint density at radius 2 is 0.714 bits per heavy atom. The molecule has 98 heavy (non-hydrogen) atoms. The fourth-order valence-corrected chi connectivity index (χ4v) is 18.2. The summed E-state index contributed by atoms with van der Waals surface area (Å²) < 4.78 is 6.79. The zero-order chi connectivity index (χ0) is 69.1. The molecule has 5 unspecified atom stereocenters. The number of fused-ring (bicyclic) bond motifs is 19. The third-order valence-corrected chi connectivity index (χ3v) is 25.0. The Morgan fingerprint density at radius 1 is 0.316 bits per heavy atom. The van der Waals surface area contributed by atoms with E-state index in [2.05, 4.69) is 363 Å². The molecule has 0 N–H and O–H groups in total. The van der Waals surface area contributed by atoms with E-state index in [0.717, 1.165) is 0 Å². The molecule has 6 heterocycles. The maximum atomic E-state index is 2.54. The summed E-state index contributed by atoms with van der Waals surface area (Å²) in [7, 11) is 13.1. The predicted molar refractivity (Wildman–Crippen MR) is 428 cm³/mol. The Labute approximate surface area is 584 Å². The Balaban J connectivity index is 0.000000106. The lowest BCUT2D eigenvalue weighted by Gasteiger charge is -2.49. The minimum absolute atomic E-state index is 0.283. The molecule has 6 heteroatoms. The molecule has 2 fully saturated rings. The average molecular weight is 1290 g/mol. The Kier molecular flexibility index (Phi) is 18.2. The molecule has 11 aromatic carbocycles. The first kappa shape index (κ1) is 67.3. The summed E-state index contributed by atoms with van der Waals surface area (Å²) in [6, 6.07) is 85.6. The Hall–Kier alpha value is -9.26. The normalized spacial score (nSPS) is 21.4. The SMILES string of the molecule is CC.CC1N(C)c2ccccc2C1(C)C.CN1c2ccccc2C2(C)CCCCC12C.Cc1ccc2c(c1)C1(C)CCCCC1(C)N2C.Cn1c2ccccc2c2c3ccccc3ccc21.Cn1c2ccccc2c2cc3ccccc3cc21.Cn1c2ccccc2c2ccccc21. The van der Waals surface area contributed by atoms with Gasteiger partial charge in [0, 0.05) is 158 Å². The number of hydrogen-bond donors (Lipinski definition) is 0. The van der Waals surface area contributed by atoms with Gasteiger partial charge in [-0.1, -0.05) is 249 Å². The summed E-state index contributed by atoms with van der Waals surface area (Å²) in [5.74, 6) is 0. The first-order valence-electron chi connectivity index (χ1n) is 36.4. The number of hydrogen-bond acceptors (Lipinski definition) is 3. The van der Waals surface area contributed by atoms with Crippen LogP contribution in [0.5, 0.6) is 0 Å². The van der Waals surface area contributed by atoms with Crippen LogP contribution in [0.15, 0.2) is 237 Å². The topological polar surface area (TPSA) is 24.5 Å². The molecule has 0 radical (unpaired) electrons. The van der Waals surface area contributed by atoms with Gasteiger partial charge >= 0.3 is 0 Å². The number of anilines is 3. The molecule has 0 amide bonds. The summed E-state index contributed by atoms with van der Waals surface area (Å²) in [5.41, 5.74) is 19.8. The number of para-hydroxylation sites is 6. The van der Waals surface area contributed by atoms with E-state index in [0.29, 0.717) is 27.9 Å². The Morgan fingerprint density at radius 3 is 1.28 bits per heavy atom. The second-order valence-corrected chi connectivity index (χ2v) is 30.0. The quantitative estimate of drug-likeness (QED) is 0.151. The number of benzene rings is 11. The van der Waals surface area contributed by atoms with E-state index in [1.54, 1.807) is 11.1 Å². The number of likely N-dealkylation sites (N-methyl/N-ethyl adjacent to an activating group) is 3. The minimum Gasteiger partial charge on any atom is -0.371 e. The van der Waals surface area contributed by atoms with Crippen LogP contribution in [0, 0.1) is 6.92 Å². The maximum absolute atomic E-state index is 2.54. The molecule has 6 nitrogen and oxygen atoms in total. The van der Waals surface area contributed by atoms with Crippen LogP contribution in [0.25, 0.3) is 87.0 Å². The molecule has 5 aliphatic rings. The molecular formula is C92H104N6. The van der Waals surface area contributed by atoms with Crippen molar-refractivity contribution in [2.24, 2.45) is 21.1 Å². The lowest BCUT2D eigenvalue weighted by atomic mass is 9.61. The van der Waals surface area contributed by atoms with E-state index in [1.165, 1.54) is 167 Å². The average Bonchev–Trinajstić information content (AvgIpc) is 1.55. The lowest BCUT2D eigenvalue weighted by Crippen LogP contribution is -2.55. The van der Waals surface area contributed by atoms with Crippen LogP contribution in [0.1, 0.15) is 136 Å². The zero-order valence-electron chi connectivity index (χ0n) is 61.4. The van der Waals surface area contributed by atoms with E-state index in [-0.39, 0.29) is 5.41 Å². The van der Waals surface area contributed by atoms with E-state index in [1.807, 2.05) is 13.8 Å². The predicted octanol–water partition coefficient (Wildman–Crippen LogP) is 23.9. The van der Waals surface area contributed by atoms with Crippen molar-refractivity contribution in [3.63, 3.8) is 0 Å². The number of aryl methyl sites for hydroxylation is 4. The molecule has 0 bridgehead atoms. The van der Waals surface area contributed by atoms with E-state index in [9.17, 15) is 0 Å². The zero-order valence-corrected chi connectivity index (χ0v) is 61.4. The van der Waals surface area contributed by atoms with Gasteiger partial charge in [-0.05, 0) is 152 Å². The molecule has 2 aliphatic carbocycles. The first-order chi connectivity index (χ1) is 47.2. The molecule has 5 atom stereocenters. The van der Waals surface area contributed by atoms with Crippen LogP contribution < -0.4 is 14.7 Å². The molecule has 2 saturated carbocycles. The van der Waals surface area contributed by atoms with Crippen LogP contribution in [-0.2, 0) is 37.4 Å². The van der Waals surface area contributed by atoms with Gasteiger partial charge in [-0.25, -0.2) is 0 Å². The van der Waals surface area contributed by atoms with Crippen molar-refractivity contribution in [3.8, 4) is 0 Å². The Bertz CT molecular complexity index is 5170. The van der Waals surface area contributed by atoms with E-state index in [4.69, 9.17) is 0 Å². The van der Waals surface area contributed by atoms with Crippen LogP contribution in [0.2, 0.25) is 0 Å². The highest BCUT2D eigenvalue weighted by atomic mass is 15.2. The summed E-state index contributed by atoms with van der Waals surface area (Å²) >= 11 is 0. The number of rotatable bonds is 0. The highest BCUT2D eigenvalue weighted by molar-refractivity contribution is 6.20. The first-order valence-corrected chi connectivity index (χ1v) is 36.4. The third-order valence-electron chi connectivity index (χ3n) is 25.0. The monoisotopic (exact) mass is 1290 g/mol. The van der Waals surface area contributed by atoms with Crippen molar-refractivity contribution in [2.75, 3.05) is 35.8 Å². The molecule has 19 rings (SSSR count). The third kappa shape index (κ3) is 11.0. The van der Waals surface area contributed by atoms with Crippen molar-refractivity contribution in [1.29, 1.82) is 0 Å². The summed E-state index contributed by atoms with van der Waals surface area (Å²) in [6.45, 7) is 23.0. The molecule has 3 aliphatic heterocycles. The van der Waals surface area contributed by atoms with Crippen LogP contribution in [0.4, 0.5) is 17.1 Å².